The molecule has 0 aliphatic carbocycles. The summed E-state index contributed by atoms with van der Waals surface area (Å²) in [4.78, 5) is 51.9. The van der Waals surface area contributed by atoms with Gasteiger partial charge in [-0.15, -0.1) is 11.8 Å². The van der Waals surface area contributed by atoms with Crippen molar-refractivity contribution in [1.29, 1.82) is 0 Å². The lowest BCUT2D eigenvalue weighted by molar-refractivity contribution is -0.116. The molecule has 0 aromatic heterocycles. The van der Waals surface area contributed by atoms with Gasteiger partial charge in [-0.1, -0.05) is 85.8 Å². The zero-order chi connectivity index (χ0) is 33.9. The van der Waals surface area contributed by atoms with Gasteiger partial charge in [0.05, 0.1) is 5.25 Å². The summed E-state index contributed by atoms with van der Waals surface area (Å²) >= 11 is 1.36. The second-order valence-electron chi connectivity index (χ2n) is 10.8. The highest BCUT2D eigenvalue weighted by atomic mass is 32.2. The van der Waals surface area contributed by atoms with E-state index in [4.69, 9.17) is 5.73 Å². The van der Waals surface area contributed by atoms with Crippen molar-refractivity contribution >= 4 is 52.8 Å². The summed E-state index contributed by atoms with van der Waals surface area (Å²) in [5, 5.41) is 8.13. The Balaban J connectivity index is 1.31. The molecule has 0 saturated carbocycles. The second kappa shape index (κ2) is 16.1. The number of nitrogens with one attached hydrogen (secondary N) is 3. The predicted molar refractivity (Wildman–Crippen MR) is 192 cm³/mol. The van der Waals surface area contributed by atoms with Gasteiger partial charge in [0, 0.05) is 27.4 Å². The minimum absolute atomic E-state index is 0.0718. The van der Waals surface area contributed by atoms with Gasteiger partial charge in [0.1, 0.15) is 5.70 Å². The number of carbonyl (C=O) groups excluding carboxylic acids is 4. The molecule has 48 heavy (non-hydrogen) atoms. The molecule has 1 unspecified atom stereocenters. The summed E-state index contributed by atoms with van der Waals surface area (Å²) in [6.07, 6.45) is 2.19. The second-order valence-corrected chi connectivity index (χ2v) is 12.1. The highest BCUT2D eigenvalue weighted by Gasteiger charge is 2.20. The van der Waals surface area contributed by atoms with E-state index in [1.807, 2.05) is 73.7 Å². The summed E-state index contributed by atoms with van der Waals surface area (Å²) in [6, 6.07) is 39.9. The minimum atomic E-state index is -0.541. The lowest BCUT2D eigenvalue weighted by Crippen LogP contribution is -2.30. The van der Waals surface area contributed by atoms with Crippen LogP contribution >= 0.6 is 11.8 Å². The van der Waals surface area contributed by atoms with Gasteiger partial charge >= 0.3 is 0 Å². The average Bonchev–Trinajstić information content (AvgIpc) is 3.11. The van der Waals surface area contributed by atoms with Crippen LogP contribution in [-0.2, 0) is 9.59 Å². The molecule has 1 atom stereocenters. The van der Waals surface area contributed by atoms with E-state index in [1.165, 1.54) is 11.8 Å². The molecule has 0 heterocycles. The molecular weight excluding hydrogens is 621 g/mol. The van der Waals surface area contributed by atoms with Crippen LogP contribution in [0.2, 0.25) is 0 Å². The Labute approximate surface area is 283 Å². The molecule has 0 aliphatic rings. The molecular formula is C39H34N4O4S. The van der Waals surface area contributed by atoms with Gasteiger partial charge in [-0.25, -0.2) is 0 Å². The first-order chi connectivity index (χ1) is 23.3. The summed E-state index contributed by atoms with van der Waals surface area (Å²) < 4.78 is 0. The lowest BCUT2D eigenvalue weighted by atomic mass is 10.0. The Morgan fingerprint density at radius 1 is 0.688 bits per heavy atom. The topological polar surface area (TPSA) is 130 Å². The number of rotatable bonds is 12. The van der Waals surface area contributed by atoms with Crippen LogP contribution in [0.4, 0.5) is 11.4 Å². The largest absolute Gasteiger partial charge is 0.366 e. The van der Waals surface area contributed by atoms with Crippen LogP contribution in [0.5, 0.6) is 0 Å². The zero-order valence-electron chi connectivity index (χ0n) is 26.2. The molecule has 5 aromatic carbocycles. The van der Waals surface area contributed by atoms with E-state index < -0.39 is 23.0 Å². The van der Waals surface area contributed by atoms with Crippen molar-refractivity contribution in [2.75, 3.05) is 10.6 Å². The van der Waals surface area contributed by atoms with Gasteiger partial charge in [-0.2, -0.15) is 0 Å². The third kappa shape index (κ3) is 9.08. The van der Waals surface area contributed by atoms with Crippen LogP contribution in [0.3, 0.4) is 0 Å². The molecule has 8 nitrogen and oxygen atoms in total. The van der Waals surface area contributed by atoms with Gasteiger partial charge < -0.3 is 21.7 Å². The number of anilines is 2. The van der Waals surface area contributed by atoms with E-state index >= 15 is 0 Å². The van der Waals surface area contributed by atoms with Gasteiger partial charge in [-0.3, -0.25) is 19.2 Å². The van der Waals surface area contributed by atoms with E-state index in [-0.39, 0.29) is 11.6 Å². The van der Waals surface area contributed by atoms with Gasteiger partial charge in [0.2, 0.25) is 11.8 Å². The van der Waals surface area contributed by atoms with Gasteiger partial charge in [0.25, 0.3) is 11.8 Å². The molecule has 5 rings (SSSR count). The molecule has 4 amide bonds. The Morgan fingerprint density at radius 2 is 1.33 bits per heavy atom. The molecule has 5 aromatic rings. The predicted octanol–water partition coefficient (Wildman–Crippen LogP) is 7.37. The van der Waals surface area contributed by atoms with Crippen LogP contribution in [0.15, 0.2) is 144 Å². The number of carbonyl (C=O) groups is 4. The van der Waals surface area contributed by atoms with Crippen molar-refractivity contribution in [2.24, 2.45) is 5.73 Å². The van der Waals surface area contributed by atoms with Crippen molar-refractivity contribution < 1.29 is 19.2 Å². The summed E-state index contributed by atoms with van der Waals surface area (Å²) in [6.45, 7) is 1.91. The van der Waals surface area contributed by atoms with Crippen LogP contribution < -0.4 is 21.7 Å². The summed E-state index contributed by atoms with van der Waals surface area (Å²) in [7, 11) is 0. The van der Waals surface area contributed by atoms with E-state index in [1.54, 1.807) is 72.8 Å². The molecule has 240 valence electrons. The van der Waals surface area contributed by atoms with E-state index in [0.717, 1.165) is 21.6 Å². The summed E-state index contributed by atoms with van der Waals surface area (Å²) in [5.41, 5.74) is 10.0. The van der Waals surface area contributed by atoms with Gasteiger partial charge in [0.15, 0.2) is 0 Å². The maximum atomic E-state index is 13.6. The third-order valence-corrected chi connectivity index (χ3v) is 8.69. The number of nitrogens with two attached hydrogens (primary N) is 1. The highest BCUT2D eigenvalue weighted by molar-refractivity contribution is 8.00. The van der Waals surface area contributed by atoms with E-state index in [0.29, 0.717) is 28.9 Å². The van der Waals surface area contributed by atoms with Crippen LogP contribution in [0, 0.1) is 0 Å². The van der Waals surface area contributed by atoms with Gasteiger partial charge in [-0.05, 0) is 83.8 Å². The molecule has 0 fully saturated rings. The first kappa shape index (κ1) is 33.4. The van der Waals surface area contributed by atoms with Crippen molar-refractivity contribution in [1.82, 2.24) is 5.32 Å². The lowest BCUT2D eigenvalue weighted by Gasteiger charge is -2.16. The number of amides is 4. The maximum absolute atomic E-state index is 13.6. The van der Waals surface area contributed by atoms with Crippen LogP contribution in [0.1, 0.15) is 39.6 Å². The Kier molecular flexibility index (Phi) is 11.2. The Bertz CT molecular complexity index is 1930. The highest BCUT2D eigenvalue weighted by Crippen LogP contribution is 2.29. The van der Waals surface area contributed by atoms with Crippen molar-refractivity contribution in [2.45, 2.75) is 23.5 Å². The third-order valence-electron chi connectivity index (χ3n) is 7.33. The van der Waals surface area contributed by atoms with E-state index in [2.05, 4.69) is 16.0 Å². The number of hydrogen-bond donors (Lipinski definition) is 4. The summed E-state index contributed by atoms with van der Waals surface area (Å²) in [5.74, 6) is -1.66. The van der Waals surface area contributed by atoms with Crippen molar-refractivity contribution in [3.8, 4) is 11.1 Å². The Morgan fingerprint density at radius 3 is 1.98 bits per heavy atom. The fourth-order valence-corrected chi connectivity index (χ4v) is 5.80. The van der Waals surface area contributed by atoms with E-state index in [9.17, 15) is 19.2 Å². The molecule has 0 bridgehead atoms. The fraction of sp³-hybridized carbons (Fsp3) is 0.0769. The Hall–Kier alpha value is -5.93. The smallest absolute Gasteiger partial charge is 0.272 e. The molecule has 0 spiro atoms. The molecule has 5 N–H and O–H groups in total. The first-order valence-corrected chi connectivity index (χ1v) is 16.2. The molecule has 0 aliphatic heterocycles. The monoisotopic (exact) mass is 654 g/mol. The number of benzene rings is 5. The zero-order valence-corrected chi connectivity index (χ0v) is 27.0. The fourth-order valence-electron chi connectivity index (χ4n) is 4.78. The minimum Gasteiger partial charge on any atom is -0.366 e. The quantitative estimate of drug-likeness (QED) is 0.0825. The van der Waals surface area contributed by atoms with Crippen molar-refractivity contribution in [3.63, 3.8) is 0 Å². The molecule has 9 heteroatoms. The van der Waals surface area contributed by atoms with Crippen LogP contribution in [-0.4, -0.2) is 28.9 Å². The normalized spacial score (nSPS) is 11.6. The molecule has 0 radical (unpaired) electrons. The average molecular weight is 655 g/mol. The first-order valence-electron chi connectivity index (χ1n) is 15.3. The number of hydrogen-bond acceptors (Lipinski definition) is 5. The number of thioether (sulfide) groups is 1. The number of primary amides is 1. The van der Waals surface area contributed by atoms with Crippen molar-refractivity contribution in [3.05, 3.63) is 156 Å². The van der Waals surface area contributed by atoms with Crippen LogP contribution in [0.25, 0.3) is 17.2 Å². The SMILES string of the molecule is CCC(Sc1cccc(NC(=O)/C(=C\c2ccc(-c3ccccc3)cc2)NC(=O)c2ccccc2)c1)C(=O)Nc1ccc(C(N)=O)cc1. The maximum Gasteiger partial charge on any atom is 0.272 e. The molecule has 0 saturated heterocycles. The standard InChI is InChI=1S/C39H34N4O4S/c1-2-35(39(47)41-31-22-20-29(21-23-31)36(40)44)48-33-15-9-14-32(25-33)42-38(46)34(43-37(45)30-12-7-4-8-13-30)24-26-16-18-28(19-17-26)27-10-5-3-6-11-27/h3-25,35H,2H2,1H3,(H2,40,44)(H,41,47)(H,42,46)(H,43,45)/b34-24+.